The molecule has 1 aliphatic rings. The minimum atomic E-state index is -3.66. The molecule has 3 heterocycles. The standard InChI is InChI=1S/C23H19ClN4O3S2/c24-19-3-1-18-14-20(4-2-17(18)13-19)33(30,31)28-11-9-27(10-12-28)23(29)21-15-26-22(32-21)16-5-7-25-8-6-16/h1-8,13-15H,9-12H2. The van der Waals surface area contributed by atoms with Gasteiger partial charge in [0.05, 0.1) is 11.1 Å². The first-order valence-corrected chi connectivity index (χ1v) is 12.9. The lowest BCUT2D eigenvalue weighted by Crippen LogP contribution is -2.50. The highest BCUT2D eigenvalue weighted by Gasteiger charge is 2.31. The molecule has 10 heteroatoms. The molecule has 0 N–H and O–H groups in total. The highest BCUT2D eigenvalue weighted by Crippen LogP contribution is 2.27. The molecule has 0 radical (unpaired) electrons. The van der Waals surface area contributed by atoms with Crippen molar-refractivity contribution >= 4 is 49.6 Å². The van der Waals surface area contributed by atoms with Crippen LogP contribution in [0.2, 0.25) is 5.02 Å². The van der Waals surface area contributed by atoms with Gasteiger partial charge in [0.15, 0.2) is 0 Å². The van der Waals surface area contributed by atoms with Crippen LogP contribution in [0.1, 0.15) is 9.67 Å². The number of nitrogens with zero attached hydrogens (tertiary/aromatic N) is 4. The van der Waals surface area contributed by atoms with Crippen LogP contribution in [0.15, 0.2) is 72.0 Å². The van der Waals surface area contributed by atoms with Crippen molar-refractivity contribution in [3.05, 3.63) is 77.0 Å². The fraction of sp³-hybridized carbons (Fsp3) is 0.174. The van der Waals surface area contributed by atoms with Gasteiger partial charge in [0.1, 0.15) is 9.88 Å². The Labute approximate surface area is 200 Å². The van der Waals surface area contributed by atoms with Crippen molar-refractivity contribution in [3.63, 3.8) is 0 Å². The largest absolute Gasteiger partial charge is 0.335 e. The summed E-state index contributed by atoms with van der Waals surface area (Å²) in [5.74, 6) is -0.132. The van der Waals surface area contributed by atoms with Gasteiger partial charge in [0.25, 0.3) is 5.91 Å². The van der Waals surface area contributed by atoms with E-state index in [1.54, 1.807) is 53.8 Å². The molecular formula is C23H19ClN4O3S2. The maximum absolute atomic E-state index is 13.2. The van der Waals surface area contributed by atoms with Gasteiger partial charge >= 0.3 is 0 Å². The number of benzene rings is 2. The second-order valence-corrected chi connectivity index (χ2v) is 11.0. The van der Waals surface area contributed by atoms with E-state index < -0.39 is 10.0 Å². The number of carbonyl (C=O) groups is 1. The molecule has 0 aliphatic carbocycles. The maximum atomic E-state index is 13.2. The number of thiazole rings is 1. The normalized spacial score (nSPS) is 15.1. The average molecular weight is 499 g/mol. The molecule has 0 spiro atoms. The number of aromatic nitrogens is 2. The number of amides is 1. The van der Waals surface area contributed by atoms with E-state index in [0.29, 0.717) is 23.0 Å². The van der Waals surface area contributed by atoms with Crippen LogP contribution in [0.3, 0.4) is 0 Å². The van der Waals surface area contributed by atoms with Crippen LogP contribution in [-0.2, 0) is 10.0 Å². The van der Waals surface area contributed by atoms with Crippen molar-refractivity contribution in [2.45, 2.75) is 4.90 Å². The molecule has 0 atom stereocenters. The van der Waals surface area contributed by atoms with Crippen molar-refractivity contribution in [1.82, 2.24) is 19.2 Å². The van der Waals surface area contributed by atoms with Crippen molar-refractivity contribution < 1.29 is 13.2 Å². The third kappa shape index (κ3) is 4.37. The zero-order valence-electron chi connectivity index (χ0n) is 17.4. The number of hydrogen-bond acceptors (Lipinski definition) is 6. The van der Waals surface area contributed by atoms with Gasteiger partial charge in [-0.1, -0.05) is 23.7 Å². The molecule has 1 amide bonds. The van der Waals surface area contributed by atoms with Gasteiger partial charge in [-0.25, -0.2) is 13.4 Å². The quantitative estimate of drug-likeness (QED) is 0.422. The van der Waals surface area contributed by atoms with Crippen molar-refractivity contribution in [2.75, 3.05) is 26.2 Å². The van der Waals surface area contributed by atoms with Gasteiger partial charge in [-0.3, -0.25) is 9.78 Å². The number of carbonyl (C=O) groups excluding carboxylic acids is 1. The highest BCUT2D eigenvalue weighted by molar-refractivity contribution is 7.89. The topological polar surface area (TPSA) is 83.5 Å². The van der Waals surface area contributed by atoms with Crippen molar-refractivity contribution in [2.24, 2.45) is 0 Å². The minimum Gasteiger partial charge on any atom is -0.335 e. The van der Waals surface area contributed by atoms with Gasteiger partial charge in [-0.2, -0.15) is 4.31 Å². The fourth-order valence-electron chi connectivity index (χ4n) is 3.79. The van der Waals surface area contributed by atoms with E-state index in [-0.39, 0.29) is 23.9 Å². The van der Waals surface area contributed by atoms with Crippen LogP contribution < -0.4 is 0 Å². The zero-order chi connectivity index (χ0) is 23.0. The molecule has 168 valence electrons. The fourth-order valence-corrected chi connectivity index (χ4v) is 6.32. The van der Waals surface area contributed by atoms with E-state index in [4.69, 9.17) is 11.6 Å². The van der Waals surface area contributed by atoms with E-state index in [1.807, 2.05) is 18.2 Å². The second-order valence-electron chi connectivity index (χ2n) is 7.62. The van der Waals surface area contributed by atoms with E-state index in [0.717, 1.165) is 21.3 Å². The van der Waals surface area contributed by atoms with Crippen LogP contribution in [-0.4, -0.2) is 59.7 Å². The molecule has 33 heavy (non-hydrogen) atoms. The number of piperazine rings is 1. The molecule has 0 bridgehead atoms. The van der Waals surface area contributed by atoms with Gasteiger partial charge in [0, 0.05) is 49.2 Å². The first kappa shape index (κ1) is 22.0. The van der Waals surface area contributed by atoms with E-state index in [1.165, 1.54) is 15.6 Å². The first-order valence-electron chi connectivity index (χ1n) is 10.3. The summed E-state index contributed by atoms with van der Waals surface area (Å²) in [4.78, 5) is 23.8. The Hall–Kier alpha value is -2.85. The minimum absolute atomic E-state index is 0.132. The van der Waals surface area contributed by atoms with Gasteiger partial charge in [0.2, 0.25) is 10.0 Å². The van der Waals surface area contributed by atoms with Gasteiger partial charge in [-0.15, -0.1) is 11.3 Å². The summed E-state index contributed by atoms with van der Waals surface area (Å²) in [7, 11) is -3.66. The number of sulfonamides is 1. The van der Waals surface area contributed by atoms with E-state index in [9.17, 15) is 13.2 Å². The average Bonchev–Trinajstić information content (AvgIpc) is 3.34. The molecule has 1 saturated heterocycles. The Morgan fingerprint density at radius 2 is 1.64 bits per heavy atom. The van der Waals surface area contributed by atoms with Gasteiger partial charge in [-0.05, 0) is 47.2 Å². The molecule has 0 unspecified atom stereocenters. The number of hydrogen-bond donors (Lipinski definition) is 0. The molecule has 1 fully saturated rings. The summed E-state index contributed by atoms with van der Waals surface area (Å²) in [6, 6.07) is 14.1. The monoisotopic (exact) mass is 498 g/mol. The Morgan fingerprint density at radius 3 is 2.39 bits per heavy atom. The SMILES string of the molecule is O=C(c1cnc(-c2ccncc2)s1)N1CCN(S(=O)(=O)c2ccc3cc(Cl)ccc3c2)CC1. The summed E-state index contributed by atoms with van der Waals surface area (Å²) in [5, 5.41) is 3.05. The number of fused-ring (bicyclic) bond motifs is 1. The lowest BCUT2D eigenvalue weighted by molar-refractivity contribution is 0.0702. The highest BCUT2D eigenvalue weighted by atomic mass is 35.5. The Bertz CT molecular complexity index is 1430. The van der Waals surface area contributed by atoms with Gasteiger partial charge < -0.3 is 4.90 Å². The number of rotatable bonds is 4. The maximum Gasteiger partial charge on any atom is 0.265 e. The molecule has 1 aliphatic heterocycles. The summed E-state index contributed by atoms with van der Waals surface area (Å²) >= 11 is 7.34. The third-order valence-electron chi connectivity index (χ3n) is 5.58. The van der Waals surface area contributed by atoms with Crippen LogP contribution in [0.25, 0.3) is 21.3 Å². The van der Waals surface area contributed by atoms with Crippen LogP contribution in [0.4, 0.5) is 0 Å². The summed E-state index contributed by atoms with van der Waals surface area (Å²) < 4.78 is 27.8. The molecule has 7 nitrogen and oxygen atoms in total. The molecule has 2 aromatic carbocycles. The Kier molecular flexibility index (Phi) is 5.88. The smallest absolute Gasteiger partial charge is 0.265 e. The third-order valence-corrected chi connectivity index (χ3v) is 8.75. The van der Waals surface area contributed by atoms with E-state index in [2.05, 4.69) is 9.97 Å². The van der Waals surface area contributed by atoms with Crippen molar-refractivity contribution in [3.8, 4) is 10.6 Å². The first-order chi connectivity index (χ1) is 15.9. The van der Waals surface area contributed by atoms with Crippen LogP contribution >= 0.6 is 22.9 Å². The summed E-state index contributed by atoms with van der Waals surface area (Å²) in [6.07, 6.45) is 4.94. The zero-order valence-corrected chi connectivity index (χ0v) is 19.8. The van der Waals surface area contributed by atoms with E-state index >= 15 is 0 Å². The predicted molar refractivity (Wildman–Crippen MR) is 129 cm³/mol. The number of pyridine rings is 1. The Balaban J connectivity index is 1.28. The number of halogens is 1. The lowest BCUT2D eigenvalue weighted by atomic mass is 10.1. The molecular weight excluding hydrogens is 480 g/mol. The van der Waals surface area contributed by atoms with Crippen molar-refractivity contribution in [1.29, 1.82) is 0 Å². The summed E-state index contributed by atoms with van der Waals surface area (Å²) in [6.45, 7) is 1.12. The Morgan fingerprint density at radius 1 is 0.939 bits per heavy atom. The van der Waals surface area contributed by atoms with Crippen LogP contribution in [0.5, 0.6) is 0 Å². The molecule has 5 rings (SSSR count). The van der Waals surface area contributed by atoms with Crippen LogP contribution in [0, 0.1) is 0 Å². The lowest BCUT2D eigenvalue weighted by Gasteiger charge is -2.33. The second kappa shape index (κ2) is 8.83. The molecule has 2 aromatic heterocycles. The summed E-state index contributed by atoms with van der Waals surface area (Å²) in [5.41, 5.74) is 0.905. The molecule has 0 saturated carbocycles. The molecule has 4 aromatic rings. The predicted octanol–water partition coefficient (Wildman–Crippen LogP) is 4.16.